The summed E-state index contributed by atoms with van der Waals surface area (Å²) >= 11 is 1.31. The number of halogens is 1. The normalized spacial score (nSPS) is 16.0. The molecule has 0 radical (unpaired) electrons. The van der Waals surface area contributed by atoms with Crippen LogP contribution >= 0.6 is 11.3 Å². The van der Waals surface area contributed by atoms with Gasteiger partial charge in [0.1, 0.15) is 10.8 Å². The van der Waals surface area contributed by atoms with E-state index in [2.05, 4.69) is 27.5 Å². The number of rotatable bonds is 5. The average molecular weight is 362 g/mol. The van der Waals surface area contributed by atoms with Crippen molar-refractivity contribution in [2.24, 2.45) is 0 Å². The number of hydrogen-bond donors (Lipinski definition) is 1. The van der Waals surface area contributed by atoms with Crippen LogP contribution in [-0.2, 0) is 6.54 Å². The predicted molar refractivity (Wildman–Crippen MR) is 97.2 cm³/mol. The SMILES string of the molecule is CN(Cc1nnc(C(=O)Nc2ccc(F)cc2)s1)C1CCCCCC1. The first kappa shape index (κ1) is 17.9. The molecule has 0 bridgehead atoms. The van der Waals surface area contributed by atoms with Gasteiger partial charge < -0.3 is 5.32 Å². The lowest BCUT2D eigenvalue weighted by molar-refractivity contribution is 0.102. The second-order valence-corrected chi connectivity index (χ2v) is 7.58. The van der Waals surface area contributed by atoms with E-state index in [1.54, 1.807) is 0 Å². The quantitative estimate of drug-likeness (QED) is 0.814. The van der Waals surface area contributed by atoms with Gasteiger partial charge in [-0.05, 0) is 44.2 Å². The highest BCUT2D eigenvalue weighted by molar-refractivity contribution is 7.13. The van der Waals surface area contributed by atoms with Crippen molar-refractivity contribution < 1.29 is 9.18 Å². The summed E-state index contributed by atoms with van der Waals surface area (Å²) in [5.41, 5.74) is 0.540. The van der Waals surface area contributed by atoms with Gasteiger partial charge in [-0.15, -0.1) is 10.2 Å². The third-order valence-electron chi connectivity index (χ3n) is 4.60. The van der Waals surface area contributed by atoms with E-state index in [0.29, 0.717) is 23.3 Å². The fourth-order valence-corrected chi connectivity index (χ4v) is 3.97. The number of amides is 1. The maximum Gasteiger partial charge on any atom is 0.286 e. The zero-order valence-electron chi connectivity index (χ0n) is 14.4. The molecule has 25 heavy (non-hydrogen) atoms. The van der Waals surface area contributed by atoms with E-state index < -0.39 is 0 Å². The Bertz CT molecular complexity index is 695. The standard InChI is InChI=1S/C18H23FN4OS/c1-23(15-6-4-2-3-5-7-15)12-16-21-22-18(25-16)17(24)20-14-10-8-13(19)9-11-14/h8-11,15H,2-7,12H2,1H3,(H,20,24). The van der Waals surface area contributed by atoms with Crippen LogP contribution in [0.2, 0.25) is 0 Å². The van der Waals surface area contributed by atoms with Gasteiger partial charge in [0.15, 0.2) is 0 Å². The molecule has 134 valence electrons. The Balaban J connectivity index is 1.57. The molecule has 2 aromatic rings. The number of nitrogens with zero attached hydrogens (tertiary/aromatic N) is 3. The van der Waals surface area contributed by atoms with E-state index in [1.165, 1.54) is 74.1 Å². The van der Waals surface area contributed by atoms with Crippen LogP contribution < -0.4 is 5.32 Å². The molecule has 5 nitrogen and oxygen atoms in total. The van der Waals surface area contributed by atoms with Crippen molar-refractivity contribution in [3.8, 4) is 0 Å². The Morgan fingerprint density at radius 1 is 1.20 bits per heavy atom. The molecule has 3 rings (SSSR count). The Morgan fingerprint density at radius 2 is 1.88 bits per heavy atom. The number of hydrogen-bond acceptors (Lipinski definition) is 5. The van der Waals surface area contributed by atoms with Gasteiger partial charge in [0, 0.05) is 11.7 Å². The lowest BCUT2D eigenvalue weighted by Crippen LogP contribution is -2.30. The number of anilines is 1. The van der Waals surface area contributed by atoms with E-state index in [1.807, 2.05) is 0 Å². The summed E-state index contributed by atoms with van der Waals surface area (Å²) < 4.78 is 12.9. The molecule has 7 heteroatoms. The number of nitrogens with one attached hydrogen (secondary N) is 1. The summed E-state index contributed by atoms with van der Waals surface area (Å²) in [4.78, 5) is 14.6. The van der Waals surface area contributed by atoms with Gasteiger partial charge in [-0.1, -0.05) is 37.0 Å². The van der Waals surface area contributed by atoms with Crippen molar-refractivity contribution in [2.45, 2.75) is 51.1 Å². The molecule has 1 fully saturated rings. The van der Waals surface area contributed by atoms with Crippen molar-refractivity contribution in [1.82, 2.24) is 15.1 Å². The van der Waals surface area contributed by atoms with Crippen LogP contribution in [0.4, 0.5) is 10.1 Å². The monoisotopic (exact) mass is 362 g/mol. The highest BCUT2D eigenvalue weighted by atomic mass is 32.1. The largest absolute Gasteiger partial charge is 0.320 e. The van der Waals surface area contributed by atoms with E-state index in [-0.39, 0.29) is 11.7 Å². The van der Waals surface area contributed by atoms with Crippen LogP contribution in [0, 0.1) is 5.82 Å². The van der Waals surface area contributed by atoms with Crippen LogP contribution in [0.25, 0.3) is 0 Å². The van der Waals surface area contributed by atoms with Gasteiger partial charge >= 0.3 is 0 Å². The zero-order chi connectivity index (χ0) is 17.6. The first-order chi connectivity index (χ1) is 12.1. The van der Waals surface area contributed by atoms with Crippen LogP contribution in [0.3, 0.4) is 0 Å². The third kappa shape index (κ3) is 5.06. The molecule has 0 unspecified atom stereocenters. The molecule has 1 aliphatic rings. The fraction of sp³-hybridized carbons (Fsp3) is 0.500. The summed E-state index contributed by atoms with van der Waals surface area (Å²) in [5, 5.41) is 12.0. The zero-order valence-corrected chi connectivity index (χ0v) is 15.2. The molecule has 0 saturated heterocycles. The van der Waals surface area contributed by atoms with Crippen molar-refractivity contribution in [2.75, 3.05) is 12.4 Å². The van der Waals surface area contributed by atoms with E-state index in [9.17, 15) is 9.18 Å². The molecular formula is C18H23FN4OS. The summed E-state index contributed by atoms with van der Waals surface area (Å²) in [5.74, 6) is -0.648. The highest BCUT2D eigenvalue weighted by Crippen LogP contribution is 2.23. The molecular weight excluding hydrogens is 339 g/mol. The van der Waals surface area contributed by atoms with Crippen LogP contribution in [0.15, 0.2) is 24.3 Å². The Kier molecular flexibility index (Phi) is 6.09. The molecule has 1 aromatic heterocycles. The third-order valence-corrected chi connectivity index (χ3v) is 5.50. The lowest BCUT2D eigenvalue weighted by atomic mass is 10.1. The van der Waals surface area contributed by atoms with Gasteiger partial charge in [-0.2, -0.15) is 0 Å². The molecule has 1 heterocycles. The first-order valence-electron chi connectivity index (χ1n) is 8.71. The summed E-state index contributed by atoms with van der Waals surface area (Å²) in [6, 6.07) is 6.25. The number of aromatic nitrogens is 2. The summed E-state index contributed by atoms with van der Waals surface area (Å²) in [7, 11) is 2.12. The topological polar surface area (TPSA) is 58.1 Å². The second-order valence-electron chi connectivity index (χ2n) is 6.52. The fourth-order valence-electron chi connectivity index (χ4n) is 3.17. The van der Waals surface area contributed by atoms with E-state index >= 15 is 0 Å². The lowest BCUT2D eigenvalue weighted by Gasteiger charge is -2.25. The minimum atomic E-state index is -0.335. The molecule has 1 aliphatic carbocycles. The van der Waals surface area contributed by atoms with E-state index in [0.717, 1.165) is 5.01 Å². The van der Waals surface area contributed by atoms with Crippen molar-refractivity contribution in [3.63, 3.8) is 0 Å². The van der Waals surface area contributed by atoms with E-state index in [4.69, 9.17) is 0 Å². The van der Waals surface area contributed by atoms with Gasteiger partial charge in [-0.3, -0.25) is 9.69 Å². The smallest absolute Gasteiger partial charge is 0.286 e. The van der Waals surface area contributed by atoms with Crippen LogP contribution in [0.1, 0.15) is 53.3 Å². The molecule has 0 aliphatic heterocycles. The van der Waals surface area contributed by atoms with Gasteiger partial charge in [0.25, 0.3) is 5.91 Å². The average Bonchev–Trinajstić information content (AvgIpc) is 2.90. The second kappa shape index (κ2) is 8.49. The Morgan fingerprint density at radius 3 is 2.56 bits per heavy atom. The molecule has 1 aromatic carbocycles. The minimum Gasteiger partial charge on any atom is -0.320 e. The van der Waals surface area contributed by atoms with Gasteiger partial charge in [0.2, 0.25) is 5.01 Å². The number of carbonyl (C=O) groups is 1. The minimum absolute atomic E-state index is 0.313. The first-order valence-corrected chi connectivity index (χ1v) is 9.53. The van der Waals surface area contributed by atoms with Crippen molar-refractivity contribution in [1.29, 1.82) is 0 Å². The maximum absolute atomic E-state index is 12.9. The van der Waals surface area contributed by atoms with Crippen molar-refractivity contribution in [3.05, 3.63) is 40.1 Å². The predicted octanol–water partition coefficient (Wildman–Crippen LogP) is 4.08. The number of benzene rings is 1. The maximum atomic E-state index is 12.9. The van der Waals surface area contributed by atoms with Crippen LogP contribution in [0.5, 0.6) is 0 Å². The molecule has 0 spiro atoms. The summed E-state index contributed by atoms with van der Waals surface area (Å²) in [6.07, 6.45) is 7.70. The molecule has 1 amide bonds. The number of carbonyl (C=O) groups excluding carboxylic acids is 1. The Hall–Kier alpha value is -1.86. The van der Waals surface area contributed by atoms with Gasteiger partial charge in [-0.25, -0.2) is 4.39 Å². The molecule has 1 saturated carbocycles. The van der Waals surface area contributed by atoms with Gasteiger partial charge in [0.05, 0.1) is 6.54 Å². The van der Waals surface area contributed by atoms with Crippen molar-refractivity contribution >= 4 is 22.9 Å². The Labute approximate surface area is 151 Å². The highest BCUT2D eigenvalue weighted by Gasteiger charge is 2.19. The van der Waals surface area contributed by atoms with Crippen LogP contribution in [-0.4, -0.2) is 34.1 Å². The summed E-state index contributed by atoms with van der Waals surface area (Å²) in [6.45, 7) is 0.714. The molecule has 0 atom stereocenters. The molecule has 1 N–H and O–H groups in total.